The third kappa shape index (κ3) is 3.62. The van der Waals surface area contributed by atoms with E-state index in [1.807, 2.05) is 18.2 Å². The largest absolute Gasteiger partial charge is 0.396 e. The first kappa shape index (κ1) is 13.2. The van der Waals surface area contributed by atoms with Crippen LogP contribution < -0.4 is 0 Å². The van der Waals surface area contributed by atoms with Crippen LogP contribution in [0.2, 0.25) is 0 Å². The van der Waals surface area contributed by atoms with E-state index in [1.165, 1.54) is 5.57 Å². The predicted molar refractivity (Wildman–Crippen MR) is 69.3 cm³/mol. The van der Waals surface area contributed by atoms with Crippen LogP contribution in [-0.2, 0) is 0 Å². The van der Waals surface area contributed by atoms with Crippen molar-refractivity contribution in [1.82, 2.24) is 4.90 Å². The summed E-state index contributed by atoms with van der Waals surface area (Å²) < 4.78 is 0. The lowest BCUT2D eigenvalue weighted by Crippen LogP contribution is -2.42. The van der Waals surface area contributed by atoms with Crippen LogP contribution >= 0.6 is 0 Å². The number of hydrogen-bond acceptors (Lipinski definition) is 2. The molecule has 0 aromatic carbocycles. The summed E-state index contributed by atoms with van der Waals surface area (Å²) in [5.41, 5.74) is 1.21. The van der Waals surface area contributed by atoms with Crippen molar-refractivity contribution in [2.45, 2.75) is 25.8 Å². The Morgan fingerprint density at radius 1 is 1.50 bits per heavy atom. The highest BCUT2D eigenvalue weighted by atomic mass is 16.3. The highest BCUT2D eigenvalue weighted by Gasteiger charge is 2.24. The van der Waals surface area contributed by atoms with Crippen molar-refractivity contribution >= 4 is 0 Å². The molecule has 90 valence electrons. The second-order valence-corrected chi connectivity index (χ2v) is 4.57. The summed E-state index contributed by atoms with van der Waals surface area (Å²) in [5.74, 6) is 0.488. The van der Waals surface area contributed by atoms with Gasteiger partial charge in [-0.1, -0.05) is 31.4 Å². The normalized spacial score (nSPS) is 27.8. The summed E-state index contributed by atoms with van der Waals surface area (Å²) >= 11 is 0. The maximum Gasteiger partial charge on any atom is 0.0460 e. The van der Waals surface area contributed by atoms with Crippen LogP contribution in [0.15, 0.2) is 37.0 Å². The van der Waals surface area contributed by atoms with E-state index in [0.29, 0.717) is 18.6 Å². The molecule has 0 unspecified atom stereocenters. The molecular weight excluding hydrogens is 198 g/mol. The van der Waals surface area contributed by atoms with Crippen molar-refractivity contribution in [1.29, 1.82) is 0 Å². The average molecular weight is 221 g/mol. The quantitative estimate of drug-likeness (QED) is 0.721. The number of aliphatic hydroxyl groups excluding tert-OH is 1. The molecule has 2 heteroatoms. The van der Waals surface area contributed by atoms with Gasteiger partial charge in [-0.25, -0.2) is 0 Å². The molecule has 1 rings (SSSR count). The molecule has 2 atom stereocenters. The molecule has 0 bridgehead atoms. The minimum absolute atomic E-state index is 0.328. The van der Waals surface area contributed by atoms with Gasteiger partial charge in [-0.2, -0.15) is 0 Å². The molecule has 0 aliphatic carbocycles. The lowest BCUT2D eigenvalue weighted by Gasteiger charge is -2.37. The number of allylic oxidation sites excluding steroid dienone is 2. The standard InChI is InChI=1S/C14H23NO/c1-4-6-13(5-2)10-15-8-7-14(11-16)9-12(15)3/h4-6,12,14,16H,1-2,7-11H2,3H3/b13-6+/t12-,14-/m1/s1. The first-order chi connectivity index (χ1) is 7.71. The van der Waals surface area contributed by atoms with Gasteiger partial charge in [-0.3, -0.25) is 4.90 Å². The van der Waals surface area contributed by atoms with Crippen LogP contribution in [0, 0.1) is 5.92 Å². The van der Waals surface area contributed by atoms with E-state index in [0.717, 1.165) is 25.9 Å². The van der Waals surface area contributed by atoms with Gasteiger partial charge < -0.3 is 5.11 Å². The Morgan fingerprint density at radius 3 is 2.75 bits per heavy atom. The number of nitrogens with zero attached hydrogens (tertiary/aromatic N) is 1. The third-order valence-corrected chi connectivity index (χ3v) is 3.36. The molecule has 1 heterocycles. The van der Waals surface area contributed by atoms with Gasteiger partial charge >= 0.3 is 0 Å². The van der Waals surface area contributed by atoms with Crippen LogP contribution in [0.4, 0.5) is 0 Å². The van der Waals surface area contributed by atoms with Crippen molar-refractivity contribution in [2.75, 3.05) is 19.7 Å². The molecule has 0 aromatic heterocycles. The molecule has 16 heavy (non-hydrogen) atoms. The van der Waals surface area contributed by atoms with E-state index < -0.39 is 0 Å². The fraction of sp³-hybridized carbons (Fsp3) is 0.571. The van der Waals surface area contributed by atoms with Crippen molar-refractivity contribution in [2.24, 2.45) is 5.92 Å². The van der Waals surface area contributed by atoms with Gasteiger partial charge in [-0.15, -0.1) is 0 Å². The number of rotatable bonds is 5. The molecule has 2 nitrogen and oxygen atoms in total. The van der Waals surface area contributed by atoms with E-state index in [4.69, 9.17) is 5.11 Å². The summed E-state index contributed by atoms with van der Waals surface area (Å²) in [6, 6.07) is 0.541. The van der Waals surface area contributed by atoms with Crippen LogP contribution in [0.25, 0.3) is 0 Å². The summed E-state index contributed by atoms with van der Waals surface area (Å²) in [6.45, 7) is 12.1. The van der Waals surface area contributed by atoms with E-state index in [2.05, 4.69) is 25.0 Å². The maximum atomic E-state index is 9.15. The Balaban J connectivity index is 2.52. The third-order valence-electron chi connectivity index (χ3n) is 3.36. The zero-order valence-corrected chi connectivity index (χ0v) is 10.2. The van der Waals surface area contributed by atoms with Gasteiger partial charge in [0.2, 0.25) is 0 Å². The zero-order chi connectivity index (χ0) is 12.0. The Labute approximate surface area is 99.0 Å². The minimum Gasteiger partial charge on any atom is -0.396 e. The van der Waals surface area contributed by atoms with Crippen LogP contribution in [0.1, 0.15) is 19.8 Å². The minimum atomic E-state index is 0.328. The Bertz CT molecular complexity index is 270. The highest BCUT2D eigenvalue weighted by molar-refractivity contribution is 5.22. The van der Waals surface area contributed by atoms with E-state index >= 15 is 0 Å². The maximum absolute atomic E-state index is 9.15. The number of likely N-dealkylation sites (tertiary alicyclic amines) is 1. The molecule has 1 fully saturated rings. The van der Waals surface area contributed by atoms with Crippen LogP contribution in [0.5, 0.6) is 0 Å². The van der Waals surface area contributed by atoms with Crippen molar-refractivity contribution in [3.05, 3.63) is 37.0 Å². The number of aliphatic hydroxyl groups is 1. The second kappa shape index (κ2) is 6.66. The fourth-order valence-electron chi connectivity index (χ4n) is 2.29. The molecule has 1 aliphatic rings. The average Bonchev–Trinajstić information content (AvgIpc) is 2.30. The van der Waals surface area contributed by atoms with Gasteiger partial charge in [0.25, 0.3) is 0 Å². The molecule has 1 N–H and O–H groups in total. The smallest absolute Gasteiger partial charge is 0.0460 e. The monoisotopic (exact) mass is 221 g/mol. The summed E-state index contributed by atoms with van der Waals surface area (Å²) in [5, 5.41) is 9.15. The lowest BCUT2D eigenvalue weighted by molar-refractivity contribution is 0.0969. The van der Waals surface area contributed by atoms with Crippen molar-refractivity contribution < 1.29 is 5.11 Å². The number of piperidine rings is 1. The molecule has 0 amide bonds. The number of hydrogen-bond donors (Lipinski definition) is 1. The van der Waals surface area contributed by atoms with Crippen LogP contribution in [0.3, 0.4) is 0 Å². The Hall–Kier alpha value is -0.860. The van der Waals surface area contributed by atoms with Crippen LogP contribution in [-0.4, -0.2) is 35.7 Å². The summed E-state index contributed by atoms with van der Waals surface area (Å²) in [6.07, 6.45) is 7.90. The van der Waals surface area contributed by atoms with Crippen molar-refractivity contribution in [3.63, 3.8) is 0 Å². The van der Waals surface area contributed by atoms with Gasteiger partial charge in [0.15, 0.2) is 0 Å². The topological polar surface area (TPSA) is 23.5 Å². The molecule has 0 radical (unpaired) electrons. The highest BCUT2D eigenvalue weighted by Crippen LogP contribution is 2.23. The fourth-order valence-corrected chi connectivity index (χ4v) is 2.29. The molecule has 1 saturated heterocycles. The first-order valence-electron chi connectivity index (χ1n) is 6.00. The Kier molecular flexibility index (Phi) is 5.50. The molecule has 1 aliphatic heterocycles. The van der Waals surface area contributed by atoms with E-state index in [9.17, 15) is 0 Å². The lowest BCUT2D eigenvalue weighted by atomic mass is 9.92. The molecular formula is C14H23NO. The molecule has 0 spiro atoms. The summed E-state index contributed by atoms with van der Waals surface area (Å²) in [4.78, 5) is 2.45. The van der Waals surface area contributed by atoms with Gasteiger partial charge in [-0.05, 0) is 37.8 Å². The molecule has 0 saturated carbocycles. The second-order valence-electron chi connectivity index (χ2n) is 4.57. The van der Waals surface area contributed by atoms with E-state index in [1.54, 1.807) is 0 Å². The van der Waals surface area contributed by atoms with Crippen molar-refractivity contribution in [3.8, 4) is 0 Å². The Morgan fingerprint density at radius 2 is 2.25 bits per heavy atom. The first-order valence-corrected chi connectivity index (χ1v) is 6.00. The van der Waals surface area contributed by atoms with Gasteiger partial charge in [0, 0.05) is 19.2 Å². The van der Waals surface area contributed by atoms with Gasteiger partial charge in [0.1, 0.15) is 0 Å². The SMILES string of the molecule is C=C/C=C(\C=C)CN1CC[C@@H](CO)C[C@H]1C. The zero-order valence-electron chi connectivity index (χ0n) is 10.2. The van der Waals surface area contributed by atoms with E-state index in [-0.39, 0.29) is 0 Å². The predicted octanol–water partition coefficient (Wildman–Crippen LogP) is 2.38. The molecule has 0 aromatic rings. The van der Waals surface area contributed by atoms with Gasteiger partial charge in [0.05, 0.1) is 0 Å². The summed E-state index contributed by atoms with van der Waals surface area (Å²) in [7, 11) is 0.